The Labute approximate surface area is 204 Å². The van der Waals surface area contributed by atoms with Crippen LogP contribution in [-0.4, -0.2) is 35.3 Å². The van der Waals surface area contributed by atoms with Crippen molar-refractivity contribution >= 4 is 29.1 Å². The van der Waals surface area contributed by atoms with Crippen LogP contribution in [0.2, 0.25) is 0 Å². The topological polar surface area (TPSA) is 66.5 Å². The number of hydrogen-bond donors (Lipinski definition) is 1. The molecule has 5 heteroatoms. The summed E-state index contributed by atoms with van der Waals surface area (Å²) in [6.07, 6.45) is 6.45. The van der Waals surface area contributed by atoms with Crippen LogP contribution in [0.15, 0.2) is 96.3 Å². The number of likely N-dealkylation sites (tertiary alicyclic amines) is 1. The highest BCUT2D eigenvalue weighted by molar-refractivity contribution is 6.27. The van der Waals surface area contributed by atoms with Crippen LogP contribution < -0.4 is 5.32 Å². The van der Waals surface area contributed by atoms with Crippen LogP contribution in [-0.2, 0) is 0 Å². The number of benzene rings is 3. The van der Waals surface area contributed by atoms with E-state index >= 15 is 0 Å². The SMILES string of the molecule is O=C(/C=C/c1ccccc1)c1ccc(NC2=C(N3CCCCC3)C(=O)c3ccccc3C2=O)cc1. The molecule has 5 nitrogen and oxygen atoms in total. The molecular formula is C30H26N2O3. The van der Waals surface area contributed by atoms with Gasteiger partial charge in [-0.2, -0.15) is 0 Å². The van der Waals surface area contributed by atoms with Gasteiger partial charge in [0.2, 0.25) is 11.6 Å². The zero-order valence-corrected chi connectivity index (χ0v) is 19.4. The number of ketones is 3. The monoisotopic (exact) mass is 462 g/mol. The fourth-order valence-corrected chi connectivity index (χ4v) is 4.59. The number of nitrogens with one attached hydrogen (secondary N) is 1. The van der Waals surface area contributed by atoms with Crippen molar-refractivity contribution < 1.29 is 14.4 Å². The predicted octanol–water partition coefficient (Wildman–Crippen LogP) is 5.77. The molecule has 3 aromatic rings. The molecule has 1 saturated heterocycles. The number of anilines is 1. The third kappa shape index (κ3) is 4.71. The number of rotatable bonds is 6. The maximum Gasteiger partial charge on any atom is 0.212 e. The minimum Gasteiger partial charge on any atom is -0.367 e. The van der Waals surface area contributed by atoms with E-state index in [2.05, 4.69) is 5.32 Å². The average molecular weight is 463 g/mol. The predicted molar refractivity (Wildman–Crippen MR) is 137 cm³/mol. The van der Waals surface area contributed by atoms with Crippen LogP contribution in [0.25, 0.3) is 6.08 Å². The maximum atomic E-state index is 13.5. The summed E-state index contributed by atoms with van der Waals surface area (Å²) in [7, 11) is 0. The second-order valence-electron chi connectivity index (χ2n) is 8.79. The third-order valence-corrected chi connectivity index (χ3v) is 6.43. The molecule has 0 aromatic heterocycles. The van der Waals surface area contributed by atoms with Crippen LogP contribution in [0.4, 0.5) is 5.69 Å². The van der Waals surface area contributed by atoms with E-state index in [9.17, 15) is 14.4 Å². The zero-order valence-electron chi connectivity index (χ0n) is 19.4. The first kappa shape index (κ1) is 22.5. The maximum absolute atomic E-state index is 13.5. The standard InChI is InChI=1S/C30H26N2O3/c33-26(18-13-21-9-3-1-4-10-21)22-14-16-23(17-15-22)31-27-28(32-19-7-2-8-20-32)30(35)25-12-6-5-11-24(25)29(27)34/h1,3-6,9-18,31H,2,7-8,19-20H2/b18-13+. The van der Waals surface area contributed by atoms with Crippen molar-refractivity contribution in [2.75, 3.05) is 18.4 Å². The smallest absolute Gasteiger partial charge is 0.212 e. The van der Waals surface area contributed by atoms with Crippen LogP contribution >= 0.6 is 0 Å². The highest BCUT2D eigenvalue weighted by Crippen LogP contribution is 2.31. The molecule has 0 atom stereocenters. The van der Waals surface area contributed by atoms with Gasteiger partial charge >= 0.3 is 0 Å². The van der Waals surface area contributed by atoms with Crippen LogP contribution in [0, 0.1) is 0 Å². The minimum absolute atomic E-state index is 0.105. The Hall–Kier alpha value is -4.25. The Kier molecular flexibility index (Phi) is 6.40. The molecule has 174 valence electrons. The Morgan fingerprint density at radius 1 is 0.743 bits per heavy atom. The molecular weight excluding hydrogens is 436 g/mol. The second kappa shape index (κ2) is 9.94. The number of piperidine rings is 1. The molecule has 2 aliphatic rings. The summed E-state index contributed by atoms with van der Waals surface area (Å²) in [5.41, 5.74) is 3.77. The van der Waals surface area contributed by atoms with E-state index in [-0.39, 0.29) is 17.3 Å². The van der Waals surface area contributed by atoms with Crippen molar-refractivity contribution in [2.24, 2.45) is 0 Å². The van der Waals surface area contributed by atoms with Crippen molar-refractivity contribution in [3.8, 4) is 0 Å². The molecule has 1 heterocycles. The highest BCUT2D eigenvalue weighted by atomic mass is 16.1. The molecule has 0 spiro atoms. The highest BCUT2D eigenvalue weighted by Gasteiger charge is 2.35. The van der Waals surface area contributed by atoms with Crippen LogP contribution in [0.1, 0.15) is 55.9 Å². The van der Waals surface area contributed by atoms with Gasteiger partial charge in [-0.15, -0.1) is 0 Å². The molecule has 5 rings (SSSR count). The third-order valence-electron chi connectivity index (χ3n) is 6.43. The molecule has 0 saturated carbocycles. The number of carbonyl (C=O) groups is 3. The van der Waals surface area contributed by atoms with E-state index in [0.717, 1.165) is 37.9 Å². The van der Waals surface area contributed by atoms with Crippen molar-refractivity contribution in [3.05, 3.63) is 119 Å². The number of hydrogen-bond acceptors (Lipinski definition) is 5. The van der Waals surface area contributed by atoms with E-state index in [4.69, 9.17) is 0 Å². The summed E-state index contributed by atoms with van der Waals surface area (Å²) in [5.74, 6) is -0.416. The van der Waals surface area contributed by atoms with E-state index in [0.29, 0.717) is 33.8 Å². The lowest BCUT2D eigenvalue weighted by Crippen LogP contribution is -2.39. The molecule has 1 fully saturated rings. The summed E-state index contributed by atoms with van der Waals surface area (Å²) in [5, 5.41) is 3.21. The van der Waals surface area contributed by atoms with Crippen molar-refractivity contribution in [2.45, 2.75) is 19.3 Å². The summed E-state index contributed by atoms with van der Waals surface area (Å²) < 4.78 is 0. The van der Waals surface area contributed by atoms with E-state index in [1.165, 1.54) is 0 Å². The lowest BCUT2D eigenvalue weighted by Gasteiger charge is -2.34. The molecule has 1 aliphatic heterocycles. The van der Waals surface area contributed by atoms with Gasteiger partial charge in [0.25, 0.3) is 0 Å². The van der Waals surface area contributed by atoms with Crippen molar-refractivity contribution in [1.29, 1.82) is 0 Å². The second-order valence-corrected chi connectivity index (χ2v) is 8.79. The summed E-state index contributed by atoms with van der Waals surface area (Å²) in [6.45, 7) is 1.51. The van der Waals surface area contributed by atoms with Gasteiger partial charge in [-0.25, -0.2) is 0 Å². The van der Waals surface area contributed by atoms with Crippen LogP contribution in [0.5, 0.6) is 0 Å². The van der Waals surface area contributed by atoms with Gasteiger partial charge in [0, 0.05) is 35.5 Å². The zero-order chi connectivity index (χ0) is 24.2. The molecule has 1 N–H and O–H groups in total. The molecule has 0 unspecified atom stereocenters. The Morgan fingerprint density at radius 3 is 2.06 bits per heavy atom. The first-order chi connectivity index (χ1) is 17.1. The van der Waals surface area contributed by atoms with E-state index in [1.54, 1.807) is 60.7 Å². The summed E-state index contributed by atoms with van der Waals surface area (Å²) in [4.78, 5) is 41.5. The Morgan fingerprint density at radius 2 is 1.37 bits per heavy atom. The molecule has 1 aliphatic carbocycles. The molecule has 35 heavy (non-hydrogen) atoms. The average Bonchev–Trinajstić information content (AvgIpc) is 2.92. The van der Waals surface area contributed by atoms with Gasteiger partial charge in [-0.1, -0.05) is 60.7 Å². The van der Waals surface area contributed by atoms with Gasteiger partial charge in [0.15, 0.2) is 5.78 Å². The lowest BCUT2D eigenvalue weighted by atomic mass is 9.89. The molecule has 3 aromatic carbocycles. The summed E-state index contributed by atoms with van der Waals surface area (Å²) in [6, 6.07) is 23.6. The largest absolute Gasteiger partial charge is 0.367 e. The van der Waals surface area contributed by atoms with Crippen molar-refractivity contribution in [1.82, 2.24) is 4.90 Å². The Balaban J connectivity index is 1.42. The van der Waals surface area contributed by atoms with Gasteiger partial charge in [-0.05, 0) is 55.2 Å². The van der Waals surface area contributed by atoms with Crippen molar-refractivity contribution in [3.63, 3.8) is 0 Å². The number of Topliss-reactive ketones (excluding diaryl/α,β-unsaturated/α-hetero) is 2. The normalized spacial score (nSPS) is 15.9. The van der Waals surface area contributed by atoms with E-state index in [1.807, 2.05) is 35.2 Å². The quantitative estimate of drug-likeness (QED) is 0.372. The molecule has 0 bridgehead atoms. The number of nitrogens with zero attached hydrogens (tertiary/aromatic N) is 1. The number of allylic oxidation sites excluding steroid dienone is 3. The van der Waals surface area contributed by atoms with Gasteiger partial charge in [-0.3, -0.25) is 14.4 Å². The van der Waals surface area contributed by atoms with Gasteiger partial charge in [0.05, 0.1) is 0 Å². The summed E-state index contributed by atoms with van der Waals surface area (Å²) >= 11 is 0. The number of carbonyl (C=O) groups excluding carboxylic acids is 3. The lowest BCUT2D eigenvalue weighted by molar-refractivity contribution is 0.0935. The Bertz CT molecular complexity index is 1330. The fraction of sp³-hybridized carbons (Fsp3) is 0.167. The minimum atomic E-state index is -0.188. The van der Waals surface area contributed by atoms with E-state index < -0.39 is 0 Å². The van der Waals surface area contributed by atoms with Crippen LogP contribution in [0.3, 0.4) is 0 Å². The fourth-order valence-electron chi connectivity index (χ4n) is 4.59. The molecule has 0 radical (unpaired) electrons. The van der Waals surface area contributed by atoms with Gasteiger partial charge < -0.3 is 10.2 Å². The molecule has 0 amide bonds. The first-order valence-electron chi connectivity index (χ1n) is 11.9. The first-order valence-corrected chi connectivity index (χ1v) is 11.9. The van der Waals surface area contributed by atoms with Gasteiger partial charge in [0.1, 0.15) is 11.4 Å². The number of fused-ring (bicyclic) bond motifs is 1.